The maximum Gasteiger partial charge on any atom is 0.317 e. The highest BCUT2D eigenvalue weighted by atomic mass is 32.1. The number of carbonyl (C=O) groups excluding carboxylic acids is 2. The van der Waals surface area contributed by atoms with Crippen LogP contribution in [0.4, 0.5) is 4.79 Å². The van der Waals surface area contributed by atoms with Crippen LogP contribution < -0.4 is 10.6 Å². The van der Waals surface area contributed by atoms with Gasteiger partial charge >= 0.3 is 6.03 Å². The minimum Gasteiger partial charge on any atom is -0.383 e. The van der Waals surface area contributed by atoms with Crippen LogP contribution in [0.1, 0.15) is 27.4 Å². The van der Waals surface area contributed by atoms with Gasteiger partial charge in [-0.2, -0.15) is 0 Å². The Kier molecular flexibility index (Phi) is 6.21. The number of carbonyl (C=O) groups is 2. The van der Waals surface area contributed by atoms with E-state index in [1.54, 1.807) is 12.0 Å². The van der Waals surface area contributed by atoms with Crippen molar-refractivity contribution in [1.82, 2.24) is 15.5 Å². The molecule has 0 radical (unpaired) electrons. The van der Waals surface area contributed by atoms with Crippen molar-refractivity contribution in [2.45, 2.75) is 25.8 Å². The molecule has 122 valence electrons. The summed E-state index contributed by atoms with van der Waals surface area (Å²) >= 11 is 1.50. The normalized spacial score (nSPS) is 15.6. The van der Waals surface area contributed by atoms with E-state index in [2.05, 4.69) is 10.6 Å². The lowest BCUT2D eigenvalue weighted by Crippen LogP contribution is -2.49. The first-order valence-corrected chi connectivity index (χ1v) is 8.31. The molecular weight excluding hydrogens is 302 g/mol. The van der Waals surface area contributed by atoms with Crippen LogP contribution in [0.15, 0.2) is 12.1 Å². The molecule has 3 amide bonds. The SMILES string of the molecule is COCCNC(=O)N1CCC(NC(=O)c2ccc(C)s2)CC1. The number of ether oxygens (including phenoxy) is 1. The lowest BCUT2D eigenvalue weighted by molar-refractivity contribution is 0.0921. The Balaban J connectivity index is 1.73. The Labute approximate surface area is 134 Å². The van der Waals surface area contributed by atoms with Crippen molar-refractivity contribution in [3.05, 3.63) is 21.9 Å². The fourth-order valence-electron chi connectivity index (χ4n) is 2.41. The number of urea groups is 1. The van der Waals surface area contributed by atoms with E-state index in [1.165, 1.54) is 11.3 Å². The van der Waals surface area contributed by atoms with Gasteiger partial charge in [-0.15, -0.1) is 11.3 Å². The Morgan fingerprint density at radius 1 is 1.36 bits per heavy atom. The zero-order valence-electron chi connectivity index (χ0n) is 13.1. The predicted molar refractivity (Wildman–Crippen MR) is 86.4 cm³/mol. The third kappa shape index (κ3) is 4.71. The first-order valence-electron chi connectivity index (χ1n) is 7.49. The molecule has 0 aromatic carbocycles. The lowest BCUT2D eigenvalue weighted by Gasteiger charge is -2.32. The molecule has 1 aromatic rings. The zero-order valence-corrected chi connectivity index (χ0v) is 13.9. The van der Waals surface area contributed by atoms with E-state index in [9.17, 15) is 9.59 Å². The van der Waals surface area contributed by atoms with E-state index < -0.39 is 0 Å². The predicted octanol–water partition coefficient (Wildman–Crippen LogP) is 1.61. The third-order valence-electron chi connectivity index (χ3n) is 3.66. The van der Waals surface area contributed by atoms with Gasteiger partial charge in [-0.3, -0.25) is 4.79 Å². The van der Waals surface area contributed by atoms with E-state index in [0.29, 0.717) is 26.2 Å². The van der Waals surface area contributed by atoms with Gasteiger partial charge in [0.2, 0.25) is 0 Å². The van der Waals surface area contributed by atoms with E-state index in [-0.39, 0.29) is 18.0 Å². The van der Waals surface area contributed by atoms with Crippen molar-refractivity contribution in [1.29, 1.82) is 0 Å². The number of methoxy groups -OCH3 is 1. The number of aryl methyl sites for hydroxylation is 1. The van der Waals surface area contributed by atoms with Crippen LogP contribution in [0.5, 0.6) is 0 Å². The van der Waals surface area contributed by atoms with E-state index in [4.69, 9.17) is 4.74 Å². The molecule has 1 aliphatic rings. The third-order valence-corrected chi connectivity index (χ3v) is 4.66. The summed E-state index contributed by atoms with van der Waals surface area (Å²) in [6.45, 7) is 4.34. The average Bonchev–Trinajstić information content (AvgIpc) is 2.95. The van der Waals surface area contributed by atoms with Crippen molar-refractivity contribution in [3.63, 3.8) is 0 Å². The van der Waals surface area contributed by atoms with Gasteiger partial charge < -0.3 is 20.3 Å². The molecule has 6 nitrogen and oxygen atoms in total. The van der Waals surface area contributed by atoms with Gasteiger partial charge in [0, 0.05) is 37.7 Å². The number of nitrogens with one attached hydrogen (secondary N) is 2. The van der Waals surface area contributed by atoms with Crippen molar-refractivity contribution in [2.24, 2.45) is 0 Å². The van der Waals surface area contributed by atoms with Crippen molar-refractivity contribution in [3.8, 4) is 0 Å². The smallest absolute Gasteiger partial charge is 0.317 e. The second kappa shape index (κ2) is 8.14. The van der Waals surface area contributed by atoms with Crippen LogP contribution in [-0.4, -0.2) is 56.2 Å². The summed E-state index contributed by atoms with van der Waals surface area (Å²) in [4.78, 5) is 27.7. The van der Waals surface area contributed by atoms with Gasteiger partial charge in [-0.1, -0.05) is 0 Å². The fourth-order valence-corrected chi connectivity index (χ4v) is 3.18. The van der Waals surface area contributed by atoms with Gasteiger partial charge in [0.1, 0.15) is 0 Å². The second-order valence-corrected chi connectivity index (χ2v) is 6.66. The summed E-state index contributed by atoms with van der Waals surface area (Å²) in [5.41, 5.74) is 0. The van der Waals surface area contributed by atoms with E-state index in [0.717, 1.165) is 22.6 Å². The molecule has 0 bridgehead atoms. The van der Waals surface area contributed by atoms with Crippen LogP contribution in [0.2, 0.25) is 0 Å². The van der Waals surface area contributed by atoms with Crippen molar-refractivity contribution >= 4 is 23.3 Å². The molecule has 0 aliphatic carbocycles. The topological polar surface area (TPSA) is 70.7 Å². The number of nitrogens with zero attached hydrogens (tertiary/aromatic N) is 1. The molecule has 7 heteroatoms. The highest BCUT2D eigenvalue weighted by molar-refractivity contribution is 7.13. The maximum absolute atomic E-state index is 12.1. The first-order chi connectivity index (χ1) is 10.6. The lowest BCUT2D eigenvalue weighted by atomic mass is 10.1. The summed E-state index contributed by atoms with van der Waals surface area (Å²) in [7, 11) is 1.61. The number of hydrogen-bond acceptors (Lipinski definition) is 4. The minimum atomic E-state index is -0.0595. The summed E-state index contributed by atoms with van der Waals surface area (Å²) in [6.07, 6.45) is 1.57. The number of hydrogen-bond donors (Lipinski definition) is 2. The second-order valence-electron chi connectivity index (χ2n) is 5.37. The van der Waals surface area contributed by atoms with Crippen LogP contribution in [0, 0.1) is 6.92 Å². The molecule has 2 rings (SSSR count). The standard InChI is InChI=1S/C15H23N3O3S/c1-11-3-4-13(22-11)14(19)17-12-5-8-18(9-6-12)15(20)16-7-10-21-2/h3-4,12H,5-10H2,1-2H3,(H,16,20)(H,17,19). The molecule has 2 heterocycles. The number of likely N-dealkylation sites (tertiary alicyclic amines) is 1. The Bertz CT molecular complexity index is 510. The molecule has 0 spiro atoms. The largest absolute Gasteiger partial charge is 0.383 e. The quantitative estimate of drug-likeness (QED) is 0.808. The molecule has 2 N–H and O–H groups in total. The Morgan fingerprint density at radius 3 is 2.68 bits per heavy atom. The molecular formula is C15H23N3O3S. The average molecular weight is 325 g/mol. The van der Waals surface area contributed by atoms with E-state index >= 15 is 0 Å². The highest BCUT2D eigenvalue weighted by Gasteiger charge is 2.24. The number of amides is 3. The first kappa shape index (κ1) is 16.8. The van der Waals surface area contributed by atoms with Crippen LogP contribution in [0.3, 0.4) is 0 Å². The molecule has 0 atom stereocenters. The van der Waals surface area contributed by atoms with Gasteiger partial charge in [-0.05, 0) is 31.9 Å². The van der Waals surface area contributed by atoms with E-state index in [1.807, 2.05) is 19.1 Å². The van der Waals surface area contributed by atoms with Crippen LogP contribution in [0.25, 0.3) is 0 Å². The monoisotopic (exact) mass is 325 g/mol. The summed E-state index contributed by atoms with van der Waals surface area (Å²) in [6, 6.07) is 3.88. The van der Waals surface area contributed by atoms with Gasteiger partial charge in [-0.25, -0.2) is 4.79 Å². The van der Waals surface area contributed by atoms with Crippen LogP contribution in [-0.2, 0) is 4.74 Å². The molecule has 0 unspecified atom stereocenters. The summed E-state index contributed by atoms with van der Waals surface area (Å²) in [5.74, 6) is -0.0129. The molecule has 1 saturated heterocycles. The van der Waals surface area contributed by atoms with Gasteiger partial charge in [0.05, 0.1) is 11.5 Å². The maximum atomic E-state index is 12.1. The molecule has 1 aliphatic heterocycles. The van der Waals surface area contributed by atoms with Crippen molar-refractivity contribution < 1.29 is 14.3 Å². The molecule has 1 aromatic heterocycles. The molecule has 22 heavy (non-hydrogen) atoms. The Morgan fingerprint density at radius 2 is 2.09 bits per heavy atom. The highest BCUT2D eigenvalue weighted by Crippen LogP contribution is 2.16. The molecule has 0 saturated carbocycles. The molecule has 1 fully saturated rings. The van der Waals surface area contributed by atoms with Crippen LogP contribution >= 0.6 is 11.3 Å². The summed E-state index contributed by atoms with van der Waals surface area (Å²) < 4.78 is 4.90. The minimum absolute atomic E-state index is 0.0129. The number of rotatable bonds is 5. The number of piperidine rings is 1. The van der Waals surface area contributed by atoms with Crippen molar-refractivity contribution in [2.75, 3.05) is 33.4 Å². The summed E-state index contributed by atoms with van der Waals surface area (Å²) in [5, 5.41) is 5.87. The zero-order chi connectivity index (χ0) is 15.9. The number of thiophene rings is 1. The van der Waals surface area contributed by atoms with Gasteiger partial charge in [0.15, 0.2) is 0 Å². The Hall–Kier alpha value is -1.60. The van der Waals surface area contributed by atoms with Gasteiger partial charge in [0.25, 0.3) is 5.91 Å². The fraction of sp³-hybridized carbons (Fsp3) is 0.600.